The molecule has 1 aromatic rings. The van der Waals surface area contributed by atoms with Crippen LogP contribution in [0.25, 0.3) is 0 Å². The van der Waals surface area contributed by atoms with E-state index in [0.29, 0.717) is 0 Å². The van der Waals surface area contributed by atoms with Crippen LogP contribution in [-0.4, -0.2) is 0 Å². The maximum absolute atomic E-state index is 3.75. The monoisotopic (exact) mass is 199 g/mol. The second-order valence-electron chi connectivity index (χ2n) is 4.52. The predicted octanol–water partition coefficient (Wildman–Crippen LogP) is 4.24. The Labute approximate surface area is 93.0 Å². The van der Waals surface area contributed by atoms with Crippen LogP contribution in [0.1, 0.15) is 55.2 Å². The number of aryl methyl sites for hydroxylation is 1. The van der Waals surface area contributed by atoms with Gasteiger partial charge in [-0.05, 0) is 54.4 Å². The molecule has 0 aliphatic heterocycles. The second-order valence-corrected chi connectivity index (χ2v) is 4.52. The zero-order valence-electron chi connectivity index (χ0n) is 9.55. The summed E-state index contributed by atoms with van der Waals surface area (Å²) in [6.45, 7) is 5.99. The number of unbranched alkanes of at least 4 members (excludes halogenated alkanes) is 1. The smallest absolute Gasteiger partial charge is 0.0161 e. The Kier molecular flexibility index (Phi) is 3.25. The molecule has 1 radical (unpaired) electrons. The third kappa shape index (κ3) is 2.71. The quantitative estimate of drug-likeness (QED) is 0.665. The predicted molar refractivity (Wildman–Crippen MR) is 65.0 cm³/mol. The molecule has 2 rings (SSSR count). The van der Waals surface area contributed by atoms with Gasteiger partial charge in [0.05, 0.1) is 0 Å². The van der Waals surface area contributed by atoms with Gasteiger partial charge in [-0.3, -0.25) is 0 Å². The largest absolute Gasteiger partial charge is 0.0906 e. The highest BCUT2D eigenvalue weighted by Crippen LogP contribution is 2.40. The van der Waals surface area contributed by atoms with E-state index < -0.39 is 0 Å². The van der Waals surface area contributed by atoms with Crippen LogP contribution in [0.15, 0.2) is 24.8 Å². The SMILES string of the molecule is C=[C]c1cc(CCCC)cc(C2CC2)c1. The van der Waals surface area contributed by atoms with Crippen molar-refractivity contribution >= 4 is 0 Å². The minimum Gasteiger partial charge on any atom is -0.0906 e. The molecule has 0 bridgehead atoms. The van der Waals surface area contributed by atoms with Gasteiger partial charge in [-0.25, -0.2) is 0 Å². The highest BCUT2D eigenvalue weighted by Gasteiger charge is 2.23. The van der Waals surface area contributed by atoms with Crippen molar-refractivity contribution in [1.82, 2.24) is 0 Å². The fourth-order valence-electron chi connectivity index (χ4n) is 2.00. The molecule has 0 unspecified atom stereocenters. The minimum absolute atomic E-state index is 0.832. The van der Waals surface area contributed by atoms with Gasteiger partial charge < -0.3 is 0 Å². The summed E-state index contributed by atoms with van der Waals surface area (Å²) in [6, 6.07) is 6.86. The Hall–Kier alpha value is -1.04. The fourth-order valence-corrected chi connectivity index (χ4v) is 2.00. The molecule has 0 amide bonds. The maximum atomic E-state index is 3.75. The van der Waals surface area contributed by atoms with Crippen molar-refractivity contribution in [2.45, 2.75) is 44.9 Å². The molecule has 0 spiro atoms. The summed E-state index contributed by atoms with van der Waals surface area (Å²) >= 11 is 0. The molecule has 1 aliphatic carbocycles. The van der Waals surface area contributed by atoms with Crippen molar-refractivity contribution in [3.05, 3.63) is 47.5 Å². The first kappa shape index (κ1) is 10.5. The van der Waals surface area contributed by atoms with E-state index in [9.17, 15) is 0 Å². The zero-order valence-corrected chi connectivity index (χ0v) is 9.55. The summed E-state index contributed by atoms with van der Waals surface area (Å²) in [6.07, 6.45) is 9.50. The van der Waals surface area contributed by atoms with Crippen molar-refractivity contribution in [2.24, 2.45) is 0 Å². The first-order valence-corrected chi connectivity index (χ1v) is 6.00. The molecular formula is C15H19. The van der Waals surface area contributed by atoms with Gasteiger partial charge in [0.2, 0.25) is 0 Å². The van der Waals surface area contributed by atoms with Crippen molar-refractivity contribution in [3.8, 4) is 0 Å². The van der Waals surface area contributed by atoms with Crippen molar-refractivity contribution in [1.29, 1.82) is 0 Å². The first-order chi connectivity index (χ1) is 7.33. The number of hydrogen-bond acceptors (Lipinski definition) is 0. The van der Waals surface area contributed by atoms with Crippen LogP contribution in [0.5, 0.6) is 0 Å². The molecule has 0 aromatic heterocycles. The minimum atomic E-state index is 0.832. The van der Waals surface area contributed by atoms with Gasteiger partial charge >= 0.3 is 0 Å². The van der Waals surface area contributed by atoms with Gasteiger partial charge in [-0.2, -0.15) is 0 Å². The third-order valence-electron chi connectivity index (χ3n) is 3.09. The average molecular weight is 199 g/mol. The molecule has 1 fully saturated rings. The molecule has 15 heavy (non-hydrogen) atoms. The summed E-state index contributed by atoms with van der Waals surface area (Å²) < 4.78 is 0. The van der Waals surface area contributed by atoms with Crippen LogP contribution in [0.3, 0.4) is 0 Å². The van der Waals surface area contributed by atoms with Crippen LogP contribution >= 0.6 is 0 Å². The van der Waals surface area contributed by atoms with E-state index in [1.807, 2.05) is 0 Å². The van der Waals surface area contributed by atoms with Crippen molar-refractivity contribution < 1.29 is 0 Å². The van der Waals surface area contributed by atoms with Gasteiger partial charge in [0.25, 0.3) is 0 Å². The second kappa shape index (κ2) is 4.65. The molecule has 79 valence electrons. The van der Waals surface area contributed by atoms with Crippen LogP contribution in [0, 0.1) is 6.08 Å². The van der Waals surface area contributed by atoms with Crippen LogP contribution < -0.4 is 0 Å². The van der Waals surface area contributed by atoms with E-state index in [-0.39, 0.29) is 0 Å². The van der Waals surface area contributed by atoms with E-state index in [4.69, 9.17) is 0 Å². The molecule has 0 atom stereocenters. The standard InChI is InChI=1S/C15H19/c1-3-5-6-13-9-12(4-2)10-15(11-13)14-7-8-14/h9-11,14H,2-3,5-8H2,1H3. The van der Waals surface area contributed by atoms with Gasteiger partial charge in [0.15, 0.2) is 0 Å². The van der Waals surface area contributed by atoms with Gasteiger partial charge in [0.1, 0.15) is 0 Å². The summed E-state index contributed by atoms with van der Waals surface area (Å²) in [5, 5.41) is 0. The van der Waals surface area contributed by atoms with E-state index >= 15 is 0 Å². The Bertz CT molecular complexity index is 345. The Balaban J connectivity index is 2.20. The van der Waals surface area contributed by atoms with Crippen molar-refractivity contribution in [3.63, 3.8) is 0 Å². The fraction of sp³-hybridized carbons (Fsp3) is 0.467. The number of hydrogen-bond donors (Lipinski definition) is 0. The Morgan fingerprint density at radius 2 is 2.13 bits per heavy atom. The molecule has 1 aliphatic rings. The summed E-state index contributed by atoms with van der Waals surface area (Å²) in [4.78, 5) is 0. The molecule has 0 heteroatoms. The summed E-state index contributed by atoms with van der Waals surface area (Å²) in [5.41, 5.74) is 4.15. The van der Waals surface area contributed by atoms with Gasteiger partial charge in [-0.15, -0.1) is 0 Å². The van der Waals surface area contributed by atoms with E-state index in [1.165, 1.54) is 48.8 Å². The lowest BCUT2D eigenvalue weighted by atomic mass is 9.99. The lowest BCUT2D eigenvalue weighted by Gasteiger charge is -2.06. The Morgan fingerprint density at radius 1 is 1.33 bits per heavy atom. The molecule has 0 heterocycles. The number of rotatable bonds is 5. The zero-order chi connectivity index (χ0) is 10.7. The lowest BCUT2D eigenvalue weighted by Crippen LogP contribution is -1.90. The molecule has 0 nitrogen and oxygen atoms in total. The van der Waals surface area contributed by atoms with Crippen LogP contribution in [0.2, 0.25) is 0 Å². The van der Waals surface area contributed by atoms with E-state index in [1.54, 1.807) is 0 Å². The van der Waals surface area contributed by atoms with Crippen molar-refractivity contribution in [2.75, 3.05) is 0 Å². The van der Waals surface area contributed by atoms with Gasteiger partial charge in [0, 0.05) is 0 Å². The molecule has 0 saturated heterocycles. The maximum Gasteiger partial charge on any atom is -0.0161 e. The number of benzene rings is 1. The first-order valence-electron chi connectivity index (χ1n) is 6.00. The molecule has 1 saturated carbocycles. The molecule has 1 aromatic carbocycles. The average Bonchev–Trinajstić information content (AvgIpc) is 3.09. The topological polar surface area (TPSA) is 0 Å². The van der Waals surface area contributed by atoms with Gasteiger partial charge in [-0.1, -0.05) is 38.1 Å². The summed E-state index contributed by atoms with van der Waals surface area (Å²) in [5.74, 6) is 0.832. The lowest BCUT2D eigenvalue weighted by molar-refractivity contribution is 0.793. The highest BCUT2D eigenvalue weighted by atomic mass is 14.3. The molecule has 0 N–H and O–H groups in total. The van der Waals surface area contributed by atoms with E-state index in [0.717, 1.165) is 5.92 Å². The van der Waals surface area contributed by atoms with Crippen LogP contribution in [0.4, 0.5) is 0 Å². The normalized spacial score (nSPS) is 15.3. The van der Waals surface area contributed by atoms with E-state index in [2.05, 4.69) is 37.8 Å². The third-order valence-corrected chi connectivity index (χ3v) is 3.09. The Morgan fingerprint density at radius 3 is 2.73 bits per heavy atom. The highest BCUT2D eigenvalue weighted by molar-refractivity contribution is 5.36. The van der Waals surface area contributed by atoms with Crippen LogP contribution in [-0.2, 0) is 6.42 Å². The molecular weight excluding hydrogens is 180 g/mol. The summed E-state index contributed by atoms with van der Waals surface area (Å²) in [7, 11) is 0.